The van der Waals surface area contributed by atoms with Gasteiger partial charge in [0.2, 0.25) is 0 Å². The van der Waals surface area contributed by atoms with Crippen LogP contribution in [0.15, 0.2) is 24.3 Å². The van der Waals surface area contributed by atoms with Crippen molar-refractivity contribution in [1.82, 2.24) is 4.98 Å². The van der Waals surface area contributed by atoms with Gasteiger partial charge in [0.15, 0.2) is 11.6 Å². The van der Waals surface area contributed by atoms with Crippen LogP contribution in [0.4, 0.5) is 21.7 Å². The van der Waals surface area contributed by atoms with Gasteiger partial charge in [-0.15, -0.1) is 0 Å². The van der Waals surface area contributed by atoms with E-state index in [1.165, 1.54) is 14.2 Å². The van der Waals surface area contributed by atoms with Crippen LogP contribution in [0.5, 0.6) is 11.5 Å². The number of nitrogens with two attached hydrogens (primary N) is 2. The zero-order chi connectivity index (χ0) is 19.3. The lowest BCUT2D eigenvalue weighted by Gasteiger charge is -2.15. The van der Waals surface area contributed by atoms with Gasteiger partial charge in [-0.05, 0) is 13.0 Å². The molecule has 1 aromatic carbocycles. The number of aromatic nitrogens is 1. The van der Waals surface area contributed by atoms with Crippen molar-refractivity contribution in [1.29, 1.82) is 0 Å². The Bertz CT molecular complexity index is 776. The van der Waals surface area contributed by atoms with Crippen LogP contribution in [0.25, 0.3) is 0 Å². The maximum absolute atomic E-state index is 14.2. The first-order valence-corrected chi connectivity index (χ1v) is 7.84. The molecule has 0 aliphatic heterocycles. The molecule has 0 bridgehead atoms. The van der Waals surface area contributed by atoms with Gasteiger partial charge in [0.25, 0.3) is 5.91 Å². The van der Waals surface area contributed by atoms with E-state index >= 15 is 0 Å². The SMILES string of the molecule is COc1cc(Nc2nc(NC[C@H](C)N)c(F)cc2C(N)=O)cc(OC)c1. The summed E-state index contributed by atoms with van der Waals surface area (Å²) in [7, 11) is 3.03. The van der Waals surface area contributed by atoms with E-state index in [-0.39, 0.29) is 23.2 Å². The first-order valence-electron chi connectivity index (χ1n) is 7.84. The van der Waals surface area contributed by atoms with Crippen LogP contribution >= 0.6 is 0 Å². The number of amides is 1. The molecule has 2 rings (SSSR count). The standard InChI is InChI=1S/C17H22FN5O3/c1-9(19)8-21-17-14(18)7-13(15(20)24)16(23-17)22-10-4-11(25-2)6-12(5-10)26-3/h4-7,9H,8,19H2,1-3H3,(H2,20,24)(H2,21,22,23)/t9-/m0/s1. The average molecular weight is 363 g/mol. The Morgan fingerprint density at radius 1 is 1.19 bits per heavy atom. The second-order valence-electron chi connectivity index (χ2n) is 5.66. The molecule has 0 fully saturated rings. The molecule has 1 heterocycles. The highest BCUT2D eigenvalue weighted by atomic mass is 19.1. The second kappa shape index (κ2) is 8.34. The first-order chi connectivity index (χ1) is 12.3. The normalized spacial score (nSPS) is 11.6. The average Bonchev–Trinajstić information content (AvgIpc) is 2.60. The molecule has 140 valence electrons. The maximum Gasteiger partial charge on any atom is 0.252 e. The highest BCUT2D eigenvalue weighted by Gasteiger charge is 2.17. The van der Waals surface area contributed by atoms with E-state index in [2.05, 4.69) is 15.6 Å². The summed E-state index contributed by atoms with van der Waals surface area (Å²) in [5, 5.41) is 5.75. The Hall–Kier alpha value is -3.07. The molecule has 8 nitrogen and oxygen atoms in total. The molecule has 0 aliphatic carbocycles. The smallest absolute Gasteiger partial charge is 0.252 e. The lowest BCUT2D eigenvalue weighted by Crippen LogP contribution is -2.26. The van der Waals surface area contributed by atoms with Gasteiger partial charge >= 0.3 is 0 Å². The molecule has 0 saturated carbocycles. The number of hydrogen-bond acceptors (Lipinski definition) is 7. The number of carbonyl (C=O) groups is 1. The zero-order valence-electron chi connectivity index (χ0n) is 14.8. The van der Waals surface area contributed by atoms with Gasteiger partial charge in [0.1, 0.15) is 17.3 Å². The number of carbonyl (C=O) groups excluding carboxylic acids is 1. The van der Waals surface area contributed by atoms with E-state index in [9.17, 15) is 9.18 Å². The first kappa shape index (κ1) is 19.3. The van der Waals surface area contributed by atoms with Crippen molar-refractivity contribution in [2.45, 2.75) is 13.0 Å². The summed E-state index contributed by atoms with van der Waals surface area (Å²) < 4.78 is 24.6. The molecule has 0 radical (unpaired) electrons. The third-order valence-electron chi connectivity index (χ3n) is 3.45. The van der Waals surface area contributed by atoms with E-state index in [0.29, 0.717) is 23.7 Å². The Morgan fingerprint density at radius 3 is 2.31 bits per heavy atom. The van der Waals surface area contributed by atoms with Gasteiger partial charge in [-0.2, -0.15) is 0 Å². The lowest BCUT2D eigenvalue weighted by molar-refractivity contribution is 0.100. The van der Waals surface area contributed by atoms with E-state index in [1.54, 1.807) is 25.1 Å². The van der Waals surface area contributed by atoms with Gasteiger partial charge in [-0.3, -0.25) is 4.79 Å². The Labute approximate surface area is 150 Å². The molecule has 6 N–H and O–H groups in total. The largest absolute Gasteiger partial charge is 0.497 e. The van der Waals surface area contributed by atoms with Crippen molar-refractivity contribution in [2.24, 2.45) is 11.5 Å². The number of methoxy groups -OCH3 is 2. The van der Waals surface area contributed by atoms with Crippen molar-refractivity contribution >= 4 is 23.2 Å². The maximum atomic E-state index is 14.2. The summed E-state index contributed by atoms with van der Waals surface area (Å²) in [6.07, 6.45) is 0. The van der Waals surface area contributed by atoms with E-state index in [4.69, 9.17) is 20.9 Å². The molecule has 0 spiro atoms. The van der Waals surface area contributed by atoms with Crippen LogP contribution in [0.1, 0.15) is 17.3 Å². The number of rotatable bonds is 8. The van der Waals surface area contributed by atoms with E-state index in [0.717, 1.165) is 6.07 Å². The topological polar surface area (TPSA) is 125 Å². The number of primary amides is 1. The molecule has 1 amide bonds. The van der Waals surface area contributed by atoms with Crippen molar-refractivity contribution in [3.05, 3.63) is 35.6 Å². The predicted molar refractivity (Wildman–Crippen MR) is 97.7 cm³/mol. The summed E-state index contributed by atoms with van der Waals surface area (Å²) in [5.41, 5.74) is 11.5. The minimum Gasteiger partial charge on any atom is -0.497 e. The van der Waals surface area contributed by atoms with E-state index < -0.39 is 11.7 Å². The van der Waals surface area contributed by atoms with Gasteiger partial charge in [0, 0.05) is 36.5 Å². The van der Waals surface area contributed by atoms with Crippen LogP contribution in [0, 0.1) is 5.82 Å². The van der Waals surface area contributed by atoms with Crippen LogP contribution < -0.4 is 31.6 Å². The monoisotopic (exact) mass is 363 g/mol. The fraction of sp³-hybridized carbons (Fsp3) is 0.294. The van der Waals surface area contributed by atoms with Crippen LogP contribution in [-0.2, 0) is 0 Å². The van der Waals surface area contributed by atoms with Crippen molar-refractivity contribution < 1.29 is 18.7 Å². The Morgan fingerprint density at radius 2 is 1.81 bits per heavy atom. The summed E-state index contributed by atoms with van der Waals surface area (Å²) in [6, 6.07) is 5.86. The summed E-state index contributed by atoms with van der Waals surface area (Å²) in [6.45, 7) is 2.08. The van der Waals surface area contributed by atoms with Crippen LogP contribution in [0.3, 0.4) is 0 Å². The van der Waals surface area contributed by atoms with Crippen molar-refractivity contribution in [3.63, 3.8) is 0 Å². The lowest BCUT2D eigenvalue weighted by atomic mass is 10.2. The van der Waals surface area contributed by atoms with Gasteiger partial charge in [0.05, 0.1) is 19.8 Å². The quantitative estimate of drug-likeness (QED) is 0.564. The van der Waals surface area contributed by atoms with Crippen molar-refractivity contribution in [3.8, 4) is 11.5 Å². The molecule has 2 aromatic rings. The molecule has 26 heavy (non-hydrogen) atoms. The fourth-order valence-corrected chi connectivity index (χ4v) is 2.17. The summed E-state index contributed by atoms with van der Waals surface area (Å²) in [5.74, 6) is -0.387. The van der Waals surface area contributed by atoms with Gasteiger partial charge in [-0.25, -0.2) is 9.37 Å². The molecular formula is C17H22FN5O3. The van der Waals surface area contributed by atoms with Gasteiger partial charge in [-0.1, -0.05) is 0 Å². The molecular weight excluding hydrogens is 341 g/mol. The Balaban J connectivity index is 2.43. The molecule has 0 unspecified atom stereocenters. The number of ether oxygens (including phenoxy) is 2. The highest BCUT2D eigenvalue weighted by Crippen LogP contribution is 2.29. The number of pyridine rings is 1. The Kier molecular flexibility index (Phi) is 6.18. The third-order valence-corrected chi connectivity index (χ3v) is 3.45. The van der Waals surface area contributed by atoms with Crippen LogP contribution in [-0.4, -0.2) is 37.7 Å². The minimum atomic E-state index is -0.812. The second-order valence-corrected chi connectivity index (χ2v) is 5.66. The summed E-state index contributed by atoms with van der Waals surface area (Å²) in [4.78, 5) is 15.8. The van der Waals surface area contributed by atoms with Crippen molar-refractivity contribution in [2.75, 3.05) is 31.4 Å². The highest BCUT2D eigenvalue weighted by molar-refractivity contribution is 5.98. The fourth-order valence-electron chi connectivity index (χ4n) is 2.17. The van der Waals surface area contributed by atoms with Gasteiger partial charge < -0.3 is 31.6 Å². The van der Waals surface area contributed by atoms with Crippen LogP contribution in [0.2, 0.25) is 0 Å². The number of halogens is 1. The molecule has 1 atom stereocenters. The number of hydrogen-bond donors (Lipinski definition) is 4. The number of nitrogens with one attached hydrogen (secondary N) is 2. The number of benzene rings is 1. The predicted octanol–water partition coefficient (Wildman–Crippen LogP) is 1.84. The number of anilines is 3. The zero-order valence-corrected chi connectivity index (χ0v) is 14.8. The molecule has 1 aromatic heterocycles. The third kappa shape index (κ3) is 4.73. The molecule has 0 saturated heterocycles. The van der Waals surface area contributed by atoms with E-state index in [1.807, 2.05) is 0 Å². The minimum absolute atomic E-state index is 0.0374. The summed E-state index contributed by atoms with van der Waals surface area (Å²) >= 11 is 0. The molecule has 9 heteroatoms. The number of nitrogens with zero attached hydrogens (tertiary/aromatic N) is 1. The molecule has 0 aliphatic rings.